The summed E-state index contributed by atoms with van der Waals surface area (Å²) in [7, 11) is -3.54. The van der Waals surface area contributed by atoms with Crippen molar-refractivity contribution < 1.29 is 8.42 Å². The Labute approximate surface area is 177 Å². The van der Waals surface area contributed by atoms with Crippen molar-refractivity contribution in [2.45, 2.75) is 30.6 Å². The van der Waals surface area contributed by atoms with Crippen LogP contribution in [0.1, 0.15) is 25.7 Å². The zero-order chi connectivity index (χ0) is 20.3. The highest BCUT2D eigenvalue weighted by atomic mass is 35.5. The van der Waals surface area contributed by atoms with Crippen LogP contribution in [0.5, 0.6) is 0 Å². The molecule has 0 spiro atoms. The minimum Gasteiger partial charge on any atom is -0.355 e. The van der Waals surface area contributed by atoms with Gasteiger partial charge in [-0.05, 0) is 43.2 Å². The molecular formula is C20H26ClN5O2S. The van der Waals surface area contributed by atoms with Crippen LogP contribution in [0.2, 0.25) is 5.02 Å². The number of anilines is 2. The summed E-state index contributed by atoms with van der Waals surface area (Å²) in [6.45, 7) is 4.05. The van der Waals surface area contributed by atoms with Crippen LogP contribution in [0.3, 0.4) is 0 Å². The van der Waals surface area contributed by atoms with Gasteiger partial charge in [0.25, 0.3) is 0 Å². The minimum absolute atomic E-state index is 0.236. The number of benzene rings is 1. The first-order valence-corrected chi connectivity index (χ1v) is 12.0. The van der Waals surface area contributed by atoms with E-state index in [0.717, 1.165) is 24.7 Å². The largest absolute Gasteiger partial charge is 0.355 e. The molecule has 1 aromatic heterocycles. The molecule has 9 heteroatoms. The van der Waals surface area contributed by atoms with Crippen molar-refractivity contribution in [2.24, 2.45) is 0 Å². The molecule has 1 aromatic carbocycles. The third kappa shape index (κ3) is 4.65. The van der Waals surface area contributed by atoms with Crippen LogP contribution in [0, 0.1) is 0 Å². The number of piperazine rings is 1. The smallest absolute Gasteiger partial charge is 0.243 e. The van der Waals surface area contributed by atoms with E-state index in [1.54, 1.807) is 18.2 Å². The maximum Gasteiger partial charge on any atom is 0.243 e. The van der Waals surface area contributed by atoms with Gasteiger partial charge in [-0.2, -0.15) is 4.31 Å². The minimum atomic E-state index is -3.54. The summed E-state index contributed by atoms with van der Waals surface area (Å²) >= 11 is 5.96. The highest BCUT2D eigenvalue weighted by Gasteiger charge is 2.29. The zero-order valence-corrected chi connectivity index (χ0v) is 17.9. The van der Waals surface area contributed by atoms with Gasteiger partial charge in [-0.25, -0.2) is 8.42 Å². The predicted molar refractivity (Wildman–Crippen MR) is 115 cm³/mol. The number of hydrogen-bond acceptors (Lipinski definition) is 6. The van der Waals surface area contributed by atoms with Crippen molar-refractivity contribution in [1.29, 1.82) is 0 Å². The van der Waals surface area contributed by atoms with Gasteiger partial charge in [-0.15, -0.1) is 10.2 Å². The lowest BCUT2D eigenvalue weighted by Gasteiger charge is -2.34. The Morgan fingerprint density at radius 3 is 1.90 bits per heavy atom. The Balaban J connectivity index is 1.39. The molecule has 0 unspecified atom stereocenters. The molecule has 156 valence electrons. The molecule has 0 amide bonds. The predicted octanol–water partition coefficient (Wildman–Crippen LogP) is 3.02. The first-order chi connectivity index (χ1) is 14.0. The van der Waals surface area contributed by atoms with E-state index >= 15 is 0 Å². The van der Waals surface area contributed by atoms with Crippen LogP contribution in [-0.4, -0.2) is 62.2 Å². The van der Waals surface area contributed by atoms with Crippen molar-refractivity contribution in [3.8, 4) is 0 Å². The summed E-state index contributed by atoms with van der Waals surface area (Å²) in [5.74, 6) is 1.72. The van der Waals surface area contributed by atoms with Gasteiger partial charge < -0.3 is 9.80 Å². The molecule has 0 saturated carbocycles. The van der Waals surface area contributed by atoms with Gasteiger partial charge in [0.2, 0.25) is 10.0 Å². The fourth-order valence-corrected chi connectivity index (χ4v) is 5.61. The van der Waals surface area contributed by atoms with Crippen LogP contribution >= 0.6 is 11.6 Å². The van der Waals surface area contributed by atoms with Crippen molar-refractivity contribution >= 4 is 33.3 Å². The molecule has 0 bridgehead atoms. The molecule has 2 saturated heterocycles. The number of aromatic nitrogens is 2. The van der Waals surface area contributed by atoms with Crippen molar-refractivity contribution in [2.75, 3.05) is 49.1 Å². The lowest BCUT2D eigenvalue weighted by Crippen LogP contribution is -2.49. The quantitative estimate of drug-likeness (QED) is 0.735. The van der Waals surface area contributed by atoms with Crippen LogP contribution < -0.4 is 9.80 Å². The van der Waals surface area contributed by atoms with Gasteiger partial charge in [0, 0.05) is 44.3 Å². The summed E-state index contributed by atoms with van der Waals surface area (Å²) in [6, 6.07) is 10.4. The van der Waals surface area contributed by atoms with Gasteiger partial charge in [0.15, 0.2) is 11.6 Å². The maximum atomic E-state index is 12.8. The molecule has 2 aliphatic rings. The molecule has 3 heterocycles. The molecule has 2 aliphatic heterocycles. The van der Waals surface area contributed by atoms with Crippen molar-refractivity contribution in [3.05, 3.63) is 41.4 Å². The number of nitrogens with zero attached hydrogens (tertiary/aromatic N) is 5. The van der Waals surface area contributed by atoms with Gasteiger partial charge in [0.05, 0.1) is 4.90 Å². The standard InChI is InChI=1S/C20H26ClN5O2S/c21-17-6-5-7-18(16-17)29(27,28)26-14-12-25(13-15-26)20-9-8-19(22-23-20)24-10-3-1-2-4-11-24/h5-9,16H,1-4,10-15H2. The SMILES string of the molecule is O=S(=O)(c1cccc(Cl)c1)N1CCN(c2ccc(N3CCCCCC3)nn2)CC1. The molecule has 4 rings (SSSR count). The highest BCUT2D eigenvalue weighted by molar-refractivity contribution is 7.89. The second kappa shape index (κ2) is 8.85. The number of hydrogen-bond donors (Lipinski definition) is 0. The Morgan fingerprint density at radius 1 is 0.759 bits per heavy atom. The van der Waals surface area contributed by atoms with Crippen LogP contribution in [0.15, 0.2) is 41.3 Å². The molecule has 2 aromatic rings. The number of rotatable bonds is 4. The fraction of sp³-hybridized carbons (Fsp3) is 0.500. The summed E-state index contributed by atoms with van der Waals surface area (Å²) < 4.78 is 27.2. The van der Waals surface area contributed by atoms with E-state index in [1.807, 2.05) is 12.1 Å². The van der Waals surface area contributed by atoms with Gasteiger partial charge in [0.1, 0.15) is 0 Å². The van der Waals surface area contributed by atoms with E-state index < -0.39 is 10.0 Å². The number of halogens is 1. The molecular weight excluding hydrogens is 410 g/mol. The van der Waals surface area contributed by atoms with Crippen molar-refractivity contribution in [3.63, 3.8) is 0 Å². The summed E-state index contributed by atoms with van der Waals surface area (Å²) in [5, 5.41) is 9.27. The maximum absolute atomic E-state index is 12.8. The Kier molecular flexibility index (Phi) is 6.22. The van der Waals surface area contributed by atoms with E-state index in [4.69, 9.17) is 11.6 Å². The third-order valence-electron chi connectivity index (χ3n) is 5.56. The fourth-order valence-electron chi connectivity index (χ4n) is 3.89. The van der Waals surface area contributed by atoms with Crippen LogP contribution in [-0.2, 0) is 10.0 Å². The summed E-state index contributed by atoms with van der Waals surface area (Å²) in [5.41, 5.74) is 0. The Bertz CT molecular complexity index is 922. The average Bonchev–Trinajstić information content (AvgIpc) is 3.04. The van der Waals surface area contributed by atoms with E-state index in [0.29, 0.717) is 31.2 Å². The van der Waals surface area contributed by atoms with Crippen LogP contribution in [0.25, 0.3) is 0 Å². The lowest BCUT2D eigenvalue weighted by atomic mass is 10.2. The first kappa shape index (κ1) is 20.4. The molecule has 7 nitrogen and oxygen atoms in total. The molecule has 2 fully saturated rings. The first-order valence-electron chi connectivity index (χ1n) is 10.1. The third-order valence-corrected chi connectivity index (χ3v) is 7.69. The normalized spacial score (nSPS) is 19.2. The molecule has 0 aliphatic carbocycles. The van der Waals surface area contributed by atoms with E-state index in [2.05, 4.69) is 20.0 Å². The van der Waals surface area contributed by atoms with Crippen molar-refractivity contribution in [1.82, 2.24) is 14.5 Å². The Hall–Kier alpha value is -1.90. The molecule has 0 atom stereocenters. The van der Waals surface area contributed by atoms with Gasteiger partial charge >= 0.3 is 0 Å². The summed E-state index contributed by atoms with van der Waals surface area (Å²) in [6.07, 6.45) is 4.97. The van der Waals surface area contributed by atoms with E-state index in [-0.39, 0.29) is 4.90 Å². The lowest BCUT2D eigenvalue weighted by molar-refractivity contribution is 0.383. The second-order valence-corrected chi connectivity index (χ2v) is 9.87. The second-order valence-electron chi connectivity index (χ2n) is 7.50. The molecule has 0 N–H and O–H groups in total. The van der Waals surface area contributed by atoms with Gasteiger partial charge in [-0.1, -0.05) is 30.5 Å². The Morgan fingerprint density at radius 2 is 1.34 bits per heavy atom. The summed E-state index contributed by atoms with van der Waals surface area (Å²) in [4.78, 5) is 4.63. The topological polar surface area (TPSA) is 69.6 Å². The zero-order valence-electron chi connectivity index (χ0n) is 16.4. The monoisotopic (exact) mass is 435 g/mol. The van der Waals surface area contributed by atoms with Crippen LogP contribution in [0.4, 0.5) is 11.6 Å². The highest BCUT2D eigenvalue weighted by Crippen LogP contribution is 2.23. The van der Waals surface area contributed by atoms with E-state index in [1.165, 1.54) is 36.1 Å². The van der Waals surface area contributed by atoms with E-state index in [9.17, 15) is 8.42 Å². The average molecular weight is 436 g/mol. The molecule has 29 heavy (non-hydrogen) atoms. The number of sulfonamides is 1. The molecule has 0 radical (unpaired) electrons. The van der Waals surface area contributed by atoms with Gasteiger partial charge in [-0.3, -0.25) is 0 Å².